The fourth-order valence-electron chi connectivity index (χ4n) is 2.88. The minimum atomic E-state index is -0.545. The molecule has 2 rings (SSSR count). The van der Waals surface area contributed by atoms with E-state index < -0.39 is 6.10 Å². The van der Waals surface area contributed by atoms with Crippen molar-refractivity contribution in [3.63, 3.8) is 0 Å². The molecule has 0 bridgehead atoms. The Morgan fingerprint density at radius 2 is 1.63 bits per heavy atom. The van der Waals surface area contributed by atoms with E-state index in [4.69, 9.17) is 14.2 Å². The molecule has 2 aromatic rings. The van der Waals surface area contributed by atoms with Crippen molar-refractivity contribution >= 4 is 0 Å². The van der Waals surface area contributed by atoms with Crippen molar-refractivity contribution in [3.05, 3.63) is 59.7 Å². The minimum absolute atomic E-state index is 0.293. The standard InChI is InChI=1S/C22H31NO4/c1-17(2)23(13-19-10-11-21(25-3)22(12-19)26-4)14-20(24)16-27-15-18-8-6-5-7-9-18/h5-12,17,20,24H,13-16H2,1-4H3/t20-/m0/s1. The van der Waals surface area contributed by atoms with Gasteiger partial charge in [0, 0.05) is 19.1 Å². The van der Waals surface area contributed by atoms with Gasteiger partial charge >= 0.3 is 0 Å². The molecule has 5 nitrogen and oxygen atoms in total. The molecule has 0 saturated heterocycles. The zero-order valence-corrected chi connectivity index (χ0v) is 16.7. The van der Waals surface area contributed by atoms with Crippen molar-refractivity contribution in [2.24, 2.45) is 0 Å². The molecule has 5 heteroatoms. The van der Waals surface area contributed by atoms with Gasteiger partial charge in [-0.05, 0) is 37.1 Å². The van der Waals surface area contributed by atoms with Crippen molar-refractivity contribution in [2.45, 2.75) is 39.1 Å². The average molecular weight is 373 g/mol. The van der Waals surface area contributed by atoms with Crippen LogP contribution in [0.5, 0.6) is 11.5 Å². The molecule has 2 aromatic carbocycles. The summed E-state index contributed by atoms with van der Waals surface area (Å²) in [5, 5.41) is 10.4. The van der Waals surface area contributed by atoms with Crippen LogP contribution in [-0.2, 0) is 17.9 Å². The molecule has 0 spiro atoms. The summed E-state index contributed by atoms with van der Waals surface area (Å²) in [7, 11) is 3.26. The third kappa shape index (κ3) is 6.86. The van der Waals surface area contributed by atoms with Crippen LogP contribution in [0.2, 0.25) is 0 Å². The van der Waals surface area contributed by atoms with Crippen LogP contribution in [0.3, 0.4) is 0 Å². The molecule has 0 aliphatic carbocycles. The van der Waals surface area contributed by atoms with Gasteiger partial charge in [0.1, 0.15) is 0 Å². The third-order valence-electron chi connectivity index (χ3n) is 4.43. The van der Waals surface area contributed by atoms with Gasteiger partial charge in [0.15, 0.2) is 11.5 Å². The van der Waals surface area contributed by atoms with E-state index in [0.717, 1.165) is 11.1 Å². The molecule has 27 heavy (non-hydrogen) atoms. The summed E-state index contributed by atoms with van der Waals surface area (Å²) in [6.45, 7) is 6.32. The summed E-state index contributed by atoms with van der Waals surface area (Å²) in [6.07, 6.45) is -0.545. The Hall–Kier alpha value is -2.08. The molecule has 1 atom stereocenters. The summed E-state index contributed by atoms with van der Waals surface area (Å²) in [4.78, 5) is 2.22. The van der Waals surface area contributed by atoms with Crippen LogP contribution in [-0.4, -0.2) is 49.5 Å². The van der Waals surface area contributed by atoms with Crippen LogP contribution >= 0.6 is 0 Å². The van der Waals surface area contributed by atoms with Crippen molar-refractivity contribution in [1.82, 2.24) is 4.90 Å². The second-order valence-electron chi connectivity index (χ2n) is 6.87. The molecule has 0 heterocycles. The van der Waals surface area contributed by atoms with Crippen LogP contribution in [0.4, 0.5) is 0 Å². The highest BCUT2D eigenvalue weighted by atomic mass is 16.5. The maximum atomic E-state index is 10.4. The Kier molecular flexibility index (Phi) is 8.58. The Balaban J connectivity index is 1.89. The van der Waals surface area contributed by atoms with Gasteiger partial charge in [-0.3, -0.25) is 4.90 Å². The smallest absolute Gasteiger partial charge is 0.161 e. The number of methoxy groups -OCH3 is 2. The molecule has 1 N–H and O–H groups in total. The van der Waals surface area contributed by atoms with E-state index in [1.165, 1.54) is 0 Å². The van der Waals surface area contributed by atoms with Gasteiger partial charge in [-0.1, -0.05) is 36.4 Å². The number of ether oxygens (including phenoxy) is 3. The summed E-state index contributed by atoms with van der Waals surface area (Å²) >= 11 is 0. The van der Waals surface area contributed by atoms with E-state index in [2.05, 4.69) is 18.7 Å². The van der Waals surface area contributed by atoms with Crippen LogP contribution in [0.25, 0.3) is 0 Å². The zero-order chi connectivity index (χ0) is 19.6. The van der Waals surface area contributed by atoms with Gasteiger partial charge in [0.25, 0.3) is 0 Å². The molecule has 0 aliphatic rings. The van der Waals surface area contributed by atoms with Crippen molar-refractivity contribution < 1.29 is 19.3 Å². The number of hydrogen-bond acceptors (Lipinski definition) is 5. The van der Waals surface area contributed by atoms with Crippen LogP contribution in [0.1, 0.15) is 25.0 Å². The first kappa shape index (κ1) is 21.2. The molecule has 0 aromatic heterocycles. The van der Waals surface area contributed by atoms with E-state index in [9.17, 15) is 5.11 Å². The lowest BCUT2D eigenvalue weighted by atomic mass is 10.1. The van der Waals surface area contributed by atoms with Crippen LogP contribution in [0.15, 0.2) is 48.5 Å². The van der Waals surface area contributed by atoms with E-state index in [0.29, 0.717) is 43.8 Å². The molecule has 0 saturated carbocycles. The maximum Gasteiger partial charge on any atom is 0.161 e. The van der Waals surface area contributed by atoms with Crippen molar-refractivity contribution in [3.8, 4) is 11.5 Å². The molecule has 0 radical (unpaired) electrons. The Morgan fingerprint density at radius 3 is 2.26 bits per heavy atom. The summed E-state index contributed by atoms with van der Waals surface area (Å²) in [6, 6.07) is 16.2. The van der Waals surface area contributed by atoms with Crippen molar-refractivity contribution in [2.75, 3.05) is 27.4 Å². The highest BCUT2D eigenvalue weighted by Crippen LogP contribution is 2.28. The van der Waals surface area contributed by atoms with Crippen LogP contribution in [0, 0.1) is 0 Å². The number of hydrogen-bond donors (Lipinski definition) is 1. The average Bonchev–Trinajstić information content (AvgIpc) is 2.68. The van der Waals surface area contributed by atoms with E-state index >= 15 is 0 Å². The third-order valence-corrected chi connectivity index (χ3v) is 4.43. The molecular formula is C22H31NO4. The predicted molar refractivity (Wildman–Crippen MR) is 107 cm³/mol. The molecule has 0 unspecified atom stereocenters. The van der Waals surface area contributed by atoms with E-state index in [-0.39, 0.29) is 0 Å². The molecule has 0 aliphatic heterocycles. The summed E-state index contributed by atoms with van der Waals surface area (Å²) < 4.78 is 16.3. The SMILES string of the molecule is COc1ccc(CN(C[C@H](O)COCc2ccccc2)C(C)C)cc1OC. The molecule has 0 amide bonds. The molecule has 148 valence electrons. The predicted octanol–water partition coefficient (Wildman–Crippen LogP) is 3.49. The second kappa shape index (κ2) is 10.9. The number of nitrogens with zero attached hydrogens (tertiary/aromatic N) is 1. The lowest BCUT2D eigenvalue weighted by Crippen LogP contribution is -2.38. The Labute approximate surface area is 162 Å². The zero-order valence-electron chi connectivity index (χ0n) is 16.7. The summed E-state index contributed by atoms with van der Waals surface area (Å²) in [5.74, 6) is 1.43. The first-order valence-corrected chi connectivity index (χ1v) is 9.28. The first-order chi connectivity index (χ1) is 13.0. The van der Waals surface area contributed by atoms with Gasteiger partial charge in [-0.2, -0.15) is 0 Å². The van der Waals surface area contributed by atoms with Gasteiger partial charge in [0.2, 0.25) is 0 Å². The summed E-state index contributed by atoms with van der Waals surface area (Å²) in [5.41, 5.74) is 2.22. The quantitative estimate of drug-likeness (QED) is 0.653. The lowest BCUT2D eigenvalue weighted by Gasteiger charge is -2.29. The fourth-order valence-corrected chi connectivity index (χ4v) is 2.88. The van der Waals surface area contributed by atoms with Gasteiger partial charge in [-0.15, -0.1) is 0 Å². The highest BCUT2D eigenvalue weighted by molar-refractivity contribution is 5.42. The van der Waals surface area contributed by atoms with Gasteiger partial charge in [0.05, 0.1) is 33.5 Å². The van der Waals surface area contributed by atoms with Gasteiger partial charge < -0.3 is 19.3 Å². The number of benzene rings is 2. The van der Waals surface area contributed by atoms with E-state index in [1.807, 2.05) is 48.5 Å². The fraction of sp³-hybridized carbons (Fsp3) is 0.455. The normalized spacial score (nSPS) is 12.4. The molecule has 0 fully saturated rings. The largest absolute Gasteiger partial charge is 0.493 e. The number of aliphatic hydroxyl groups is 1. The molecular weight excluding hydrogens is 342 g/mol. The van der Waals surface area contributed by atoms with Crippen molar-refractivity contribution in [1.29, 1.82) is 0 Å². The Bertz CT molecular complexity index is 675. The second-order valence-corrected chi connectivity index (χ2v) is 6.87. The lowest BCUT2D eigenvalue weighted by molar-refractivity contribution is 0.00313. The maximum absolute atomic E-state index is 10.4. The van der Waals surface area contributed by atoms with Gasteiger partial charge in [-0.25, -0.2) is 0 Å². The van der Waals surface area contributed by atoms with Crippen LogP contribution < -0.4 is 9.47 Å². The monoisotopic (exact) mass is 373 g/mol. The highest BCUT2D eigenvalue weighted by Gasteiger charge is 2.16. The number of aliphatic hydroxyl groups excluding tert-OH is 1. The first-order valence-electron chi connectivity index (χ1n) is 9.28. The topological polar surface area (TPSA) is 51.2 Å². The minimum Gasteiger partial charge on any atom is -0.493 e. The number of rotatable bonds is 11. The Morgan fingerprint density at radius 1 is 0.926 bits per heavy atom. The van der Waals surface area contributed by atoms with E-state index in [1.54, 1.807) is 14.2 Å².